The van der Waals surface area contributed by atoms with E-state index in [1.165, 1.54) is 17.2 Å². The number of aliphatic hydroxyl groups is 1. The Kier molecular flexibility index (Phi) is 5.78. The van der Waals surface area contributed by atoms with E-state index in [1.54, 1.807) is 37.3 Å². The van der Waals surface area contributed by atoms with Crippen molar-refractivity contribution in [3.8, 4) is 16.9 Å². The smallest absolute Gasteiger partial charge is 0.251 e. The van der Waals surface area contributed by atoms with Gasteiger partial charge in [-0.3, -0.25) is 9.78 Å². The van der Waals surface area contributed by atoms with Gasteiger partial charge in [0.05, 0.1) is 23.0 Å². The lowest BCUT2D eigenvalue weighted by Gasteiger charge is -2.14. The van der Waals surface area contributed by atoms with E-state index >= 15 is 0 Å². The van der Waals surface area contributed by atoms with Crippen LogP contribution in [0.3, 0.4) is 0 Å². The number of carbonyl (C=O) groups is 1. The molecule has 0 aliphatic heterocycles. The molecule has 0 aliphatic rings. The first kappa shape index (κ1) is 18.9. The molecule has 2 N–H and O–H groups in total. The number of benzene rings is 1. The molecule has 7 nitrogen and oxygen atoms in total. The molecule has 0 bridgehead atoms. The molecule has 0 saturated heterocycles. The zero-order chi connectivity index (χ0) is 19.4. The predicted molar refractivity (Wildman–Crippen MR) is 98.4 cm³/mol. The zero-order valence-corrected chi connectivity index (χ0v) is 15.2. The van der Waals surface area contributed by atoms with Gasteiger partial charge in [-0.1, -0.05) is 11.6 Å². The van der Waals surface area contributed by atoms with Crippen LogP contribution in [0.5, 0.6) is 0 Å². The van der Waals surface area contributed by atoms with Crippen molar-refractivity contribution in [1.29, 1.82) is 0 Å². The average molecular weight is 390 g/mol. The Balaban J connectivity index is 2.10. The number of nitrogens with zero attached hydrogens (tertiary/aromatic N) is 4. The quantitative estimate of drug-likeness (QED) is 0.675. The van der Waals surface area contributed by atoms with Gasteiger partial charge in [0.1, 0.15) is 13.0 Å². The molecule has 1 atom stereocenters. The molecule has 0 saturated carbocycles. The molecule has 3 aromatic rings. The zero-order valence-electron chi connectivity index (χ0n) is 14.4. The van der Waals surface area contributed by atoms with Gasteiger partial charge in [0, 0.05) is 23.4 Å². The van der Waals surface area contributed by atoms with Crippen molar-refractivity contribution < 1.29 is 14.3 Å². The van der Waals surface area contributed by atoms with Crippen LogP contribution in [0.15, 0.2) is 42.9 Å². The third-order valence-electron chi connectivity index (χ3n) is 3.84. The molecule has 140 valence electrons. The summed E-state index contributed by atoms with van der Waals surface area (Å²) in [4.78, 5) is 20.7. The van der Waals surface area contributed by atoms with Crippen LogP contribution in [0.25, 0.3) is 16.9 Å². The molecule has 0 aliphatic carbocycles. The maximum absolute atomic E-state index is 13.2. The fourth-order valence-electron chi connectivity index (χ4n) is 2.48. The highest BCUT2D eigenvalue weighted by atomic mass is 35.5. The van der Waals surface area contributed by atoms with E-state index in [0.717, 1.165) is 0 Å². The third-order valence-corrected chi connectivity index (χ3v) is 4.06. The van der Waals surface area contributed by atoms with Crippen LogP contribution in [0, 0.1) is 0 Å². The summed E-state index contributed by atoms with van der Waals surface area (Å²) < 4.78 is 14.5. The Bertz CT molecular complexity index is 945. The van der Waals surface area contributed by atoms with Crippen molar-refractivity contribution in [3.63, 3.8) is 0 Å². The normalized spacial score (nSPS) is 12.0. The van der Waals surface area contributed by atoms with Crippen molar-refractivity contribution in [1.82, 2.24) is 25.1 Å². The fourth-order valence-corrected chi connectivity index (χ4v) is 2.60. The second-order valence-electron chi connectivity index (χ2n) is 5.91. The molecule has 2 aromatic heterocycles. The number of amides is 1. The Hall–Kier alpha value is -2.84. The monoisotopic (exact) mass is 389 g/mol. The number of pyridine rings is 1. The number of aliphatic hydroxyl groups excluding tert-OH is 1. The molecule has 3 rings (SSSR count). The molecule has 1 aromatic carbocycles. The summed E-state index contributed by atoms with van der Waals surface area (Å²) in [5, 5.41) is 16.4. The molecule has 0 fully saturated rings. The highest BCUT2D eigenvalue weighted by molar-refractivity contribution is 6.30. The van der Waals surface area contributed by atoms with E-state index in [1.807, 2.05) is 0 Å². The van der Waals surface area contributed by atoms with Gasteiger partial charge in [0.15, 0.2) is 5.82 Å². The van der Waals surface area contributed by atoms with Gasteiger partial charge < -0.3 is 10.4 Å². The van der Waals surface area contributed by atoms with Crippen LogP contribution in [0.4, 0.5) is 4.39 Å². The number of carbonyl (C=O) groups excluding carboxylic acids is 1. The molecule has 0 radical (unpaired) electrons. The van der Waals surface area contributed by atoms with Gasteiger partial charge in [-0.2, -0.15) is 5.10 Å². The number of aromatic nitrogens is 4. The Morgan fingerprint density at radius 1 is 1.33 bits per heavy atom. The lowest BCUT2D eigenvalue weighted by atomic mass is 10.0. The minimum absolute atomic E-state index is 0.117. The number of nitrogens with one attached hydrogen (secondary N) is 1. The minimum Gasteiger partial charge on any atom is -0.394 e. The van der Waals surface area contributed by atoms with E-state index in [2.05, 4.69) is 20.4 Å². The van der Waals surface area contributed by atoms with Gasteiger partial charge in [-0.15, -0.1) is 0 Å². The Morgan fingerprint density at radius 2 is 2.15 bits per heavy atom. The molecule has 0 spiro atoms. The first-order chi connectivity index (χ1) is 13.0. The molecule has 27 heavy (non-hydrogen) atoms. The van der Waals surface area contributed by atoms with Crippen LogP contribution in [0.1, 0.15) is 23.1 Å². The van der Waals surface area contributed by atoms with E-state index in [9.17, 15) is 9.18 Å². The average Bonchev–Trinajstić information content (AvgIpc) is 3.17. The Labute approximate surface area is 159 Å². The molecule has 2 heterocycles. The highest BCUT2D eigenvalue weighted by Crippen LogP contribution is 2.24. The number of rotatable bonds is 6. The molecular formula is C18H17ClFN5O2. The molecule has 1 amide bonds. The second kappa shape index (κ2) is 8.24. The van der Waals surface area contributed by atoms with Crippen LogP contribution in [-0.4, -0.2) is 43.4 Å². The first-order valence-electron chi connectivity index (χ1n) is 8.15. The predicted octanol–water partition coefficient (Wildman–Crippen LogP) is 2.56. The topological polar surface area (TPSA) is 92.9 Å². The lowest BCUT2D eigenvalue weighted by Crippen LogP contribution is -2.35. The fraction of sp³-hybridized carbons (Fsp3) is 0.222. The summed E-state index contributed by atoms with van der Waals surface area (Å²) in [5.74, 6) is -0.262. The van der Waals surface area contributed by atoms with Gasteiger partial charge in [0.25, 0.3) is 5.91 Å². The number of alkyl halides is 1. The second-order valence-corrected chi connectivity index (χ2v) is 6.35. The summed E-state index contributed by atoms with van der Waals surface area (Å²) in [6.45, 7) is 0.695. The SMILES string of the molecule is C[C@@H](CO)NC(=O)c1cc(-c2ccc(Cl)cn2)cc(-n2ncnc2CF)c1. The summed E-state index contributed by atoms with van der Waals surface area (Å²) >= 11 is 5.89. The van der Waals surface area contributed by atoms with Crippen molar-refractivity contribution in [2.75, 3.05) is 6.61 Å². The largest absolute Gasteiger partial charge is 0.394 e. The van der Waals surface area contributed by atoms with Crippen LogP contribution in [0.2, 0.25) is 5.02 Å². The lowest BCUT2D eigenvalue weighted by molar-refractivity contribution is 0.0922. The Morgan fingerprint density at radius 3 is 2.81 bits per heavy atom. The van der Waals surface area contributed by atoms with Crippen molar-refractivity contribution >= 4 is 17.5 Å². The van der Waals surface area contributed by atoms with Gasteiger partial charge in [-0.25, -0.2) is 14.1 Å². The van der Waals surface area contributed by atoms with E-state index in [0.29, 0.717) is 27.5 Å². The number of halogens is 2. The van der Waals surface area contributed by atoms with Gasteiger partial charge in [-0.05, 0) is 37.3 Å². The molecule has 0 unspecified atom stereocenters. The standard InChI is InChI=1S/C18H17ClFN5O2/c1-11(9-26)24-18(27)13-4-12(16-3-2-14(19)8-21-16)5-15(6-13)25-17(7-20)22-10-23-25/h2-6,8,10-11,26H,7,9H2,1H3,(H,24,27)/t11-/m0/s1. The summed E-state index contributed by atoms with van der Waals surface area (Å²) in [7, 11) is 0. The molecule has 9 heteroatoms. The van der Waals surface area contributed by atoms with Gasteiger partial charge >= 0.3 is 0 Å². The van der Waals surface area contributed by atoms with Crippen molar-refractivity contribution in [3.05, 3.63) is 59.3 Å². The van der Waals surface area contributed by atoms with Crippen LogP contribution < -0.4 is 5.32 Å². The first-order valence-corrected chi connectivity index (χ1v) is 8.53. The molecular weight excluding hydrogens is 373 g/mol. The minimum atomic E-state index is -0.799. The van der Waals surface area contributed by atoms with Crippen molar-refractivity contribution in [2.24, 2.45) is 0 Å². The maximum atomic E-state index is 13.2. The summed E-state index contributed by atoms with van der Waals surface area (Å²) in [5.41, 5.74) is 2.01. The van der Waals surface area contributed by atoms with Crippen LogP contribution in [-0.2, 0) is 6.67 Å². The van der Waals surface area contributed by atoms with E-state index < -0.39 is 12.7 Å². The summed E-state index contributed by atoms with van der Waals surface area (Å²) in [6, 6.07) is 7.96. The van der Waals surface area contributed by atoms with E-state index in [-0.39, 0.29) is 18.3 Å². The number of hydrogen-bond donors (Lipinski definition) is 2. The van der Waals surface area contributed by atoms with Crippen molar-refractivity contribution in [2.45, 2.75) is 19.6 Å². The van der Waals surface area contributed by atoms with Gasteiger partial charge in [0.2, 0.25) is 0 Å². The third kappa shape index (κ3) is 4.29. The highest BCUT2D eigenvalue weighted by Gasteiger charge is 2.15. The number of hydrogen-bond acceptors (Lipinski definition) is 5. The van der Waals surface area contributed by atoms with E-state index in [4.69, 9.17) is 16.7 Å². The maximum Gasteiger partial charge on any atom is 0.251 e. The van der Waals surface area contributed by atoms with Crippen LogP contribution >= 0.6 is 11.6 Å². The summed E-state index contributed by atoms with van der Waals surface area (Å²) in [6.07, 6.45) is 2.75.